The molecular formula is C11H20N2O2S2. The molecule has 4 nitrogen and oxygen atoms in total. The van der Waals surface area contributed by atoms with Crippen LogP contribution in [0.3, 0.4) is 0 Å². The monoisotopic (exact) mass is 276 g/mol. The fraction of sp³-hybridized carbons (Fsp3) is 0.636. The molecule has 0 amide bonds. The molecule has 3 N–H and O–H groups in total. The topological polar surface area (TPSA) is 72.2 Å². The van der Waals surface area contributed by atoms with Crippen molar-refractivity contribution >= 4 is 21.4 Å². The summed E-state index contributed by atoms with van der Waals surface area (Å²) in [6, 6.07) is 3.15. The van der Waals surface area contributed by atoms with Gasteiger partial charge in [0.1, 0.15) is 4.21 Å². The first kappa shape index (κ1) is 14.6. The lowest BCUT2D eigenvalue weighted by atomic mass is 9.88. The molecule has 1 heterocycles. The molecule has 1 rings (SSSR count). The molecule has 0 aliphatic heterocycles. The summed E-state index contributed by atoms with van der Waals surface area (Å²) in [5, 5.41) is 0. The first-order valence-electron chi connectivity index (χ1n) is 5.45. The van der Waals surface area contributed by atoms with Crippen LogP contribution in [0.2, 0.25) is 0 Å². The van der Waals surface area contributed by atoms with Gasteiger partial charge in [0.25, 0.3) is 0 Å². The Kier molecular flexibility index (Phi) is 4.35. The number of hydrogen-bond acceptors (Lipinski definition) is 4. The van der Waals surface area contributed by atoms with Gasteiger partial charge in [-0.05, 0) is 24.5 Å². The van der Waals surface area contributed by atoms with Gasteiger partial charge < -0.3 is 5.73 Å². The molecule has 0 saturated carbocycles. The minimum Gasteiger partial charge on any atom is -0.329 e. The minimum absolute atomic E-state index is 0.200. The zero-order valence-electron chi connectivity index (χ0n) is 10.6. The smallest absolute Gasteiger partial charge is 0.250 e. The second-order valence-electron chi connectivity index (χ2n) is 5.14. The SMILES string of the molecule is Cc1ccc(S(=O)(=O)NC(CN)C(C)(C)C)s1. The van der Waals surface area contributed by atoms with Crippen LogP contribution in [-0.4, -0.2) is 21.0 Å². The van der Waals surface area contributed by atoms with Gasteiger partial charge in [0.2, 0.25) is 10.0 Å². The van der Waals surface area contributed by atoms with Crippen molar-refractivity contribution in [1.82, 2.24) is 4.72 Å². The highest BCUT2D eigenvalue weighted by atomic mass is 32.2. The van der Waals surface area contributed by atoms with Gasteiger partial charge in [-0.25, -0.2) is 13.1 Å². The van der Waals surface area contributed by atoms with Gasteiger partial charge in [0, 0.05) is 17.5 Å². The van der Waals surface area contributed by atoms with E-state index < -0.39 is 10.0 Å². The average Bonchev–Trinajstić information content (AvgIpc) is 2.60. The maximum absolute atomic E-state index is 12.1. The van der Waals surface area contributed by atoms with E-state index in [2.05, 4.69) is 4.72 Å². The maximum Gasteiger partial charge on any atom is 0.250 e. The zero-order chi connectivity index (χ0) is 13.3. The lowest BCUT2D eigenvalue weighted by molar-refractivity contribution is 0.304. The molecule has 1 aromatic rings. The molecule has 0 radical (unpaired) electrons. The summed E-state index contributed by atoms with van der Waals surface area (Å²) >= 11 is 1.27. The van der Waals surface area contributed by atoms with Gasteiger partial charge in [-0.15, -0.1) is 11.3 Å². The number of sulfonamides is 1. The first-order chi connectivity index (χ1) is 7.66. The molecule has 0 fully saturated rings. The molecule has 17 heavy (non-hydrogen) atoms. The highest BCUT2D eigenvalue weighted by molar-refractivity contribution is 7.91. The zero-order valence-corrected chi connectivity index (χ0v) is 12.3. The number of hydrogen-bond donors (Lipinski definition) is 2. The van der Waals surface area contributed by atoms with Crippen LogP contribution in [0.4, 0.5) is 0 Å². The highest BCUT2D eigenvalue weighted by Gasteiger charge is 2.29. The molecule has 6 heteroatoms. The van der Waals surface area contributed by atoms with Crippen LogP contribution in [0.1, 0.15) is 25.6 Å². The van der Waals surface area contributed by atoms with Crippen LogP contribution in [0.5, 0.6) is 0 Å². The molecule has 0 aliphatic carbocycles. The van der Waals surface area contributed by atoms with Crippen molar-refractivity contribution < 1.29 is 8.42 Å². The third-order valence-electron chi connectivity index (χ3n) is 2.56. The van der Waals surface area contributed by atoms with E-state index >= 15 is 0 Å². The summed E-state index contributed by atoms with van der Waals surface area (Å²) in [7, 11) is -3.45. The Morgan fingerprint density at radius 1 is 1.41 bits per heavy atom. The predicted molar refractivity (Wildman–Crippen MR) is 71.7 cm³/mol. The molecule has 0 aliphatic rings. The van der Waals surface area contributed by atoms with Gasteiger partial charge in [0.15, 0.2) is 0 Å². The van der Waals surface area contributed by atoms with Crippen LogP contribution in [-0.2, 0) is 10.0 Å². The summed E-state index contributed by atoms with van der Waals surface area (Å²) < 4.78 is 27.2. The number of nitrogens with one attached hydrogen (secondary N) is 1. The fourth-order valence-corrected chi connectivity index (χ4v) is 4.14. The van der Waals surface area contributed by atoms with E-state index in [-0.39, 0.29) is 18.0 Å². The molecule has 1 unspecified atom stereocenters. The maximum atomic E-state index is 12.1. The van der Waals surface area contributed by atoms with Crippen molar-refractivity contribution in [3.05, 3.63) is 17.0 Å². The fourth-order valence-electron chi connectivity index (χ4n) is 1.38. The van der Waals surface area contributed by atoms with Crippen molar-refractivity contribution in [2.75, 3.05) is 6.54 Å². The van der Waals surface area contributed by atoms with Crippen LogP contribution < -0.4 is 10.5 Å². The molecule has 0 spiro atoms. The summed E-state index contributed by atoms with van der Waals surface area (Å²) in [5.41, 5.74) is 5.43. The summed E-state index contributed by atoms with van der Waals surface area (Å²) in [6.07, 6.45) is 0. The molecular weight excluding hydrogens is 256 g/mol. The quantitative estimate of drug-likeness (QED) is 0.879. The van der Waals surface area contributed by atoms with E-state index in [1.54, 1.807) is 12.1 Å². The van der Waals surface area contributed by atoms with Crippen LogP contribution in [0, 0.1) is 12.3 Å². The minimum atomic E-state index is -3.45. The van der Waals surface area contributed by atoms with E-state index in [4.69, 9.17) is 5.73 Å². The van der Waals surface area contributed by atoms with Crippen molar-refractivity contribution in [3.63, 3.8) is 0 Å². The van der Waals surface area contributed by atoms with Gasteiger partial charge >= 0.3 is 0 Å². The van der Waals surface area contributed by atoms with Crippen LogP contribution in [0.25, 0.3) is 0 Å². The predicted octanol–water partition coefficient (Wildman–Crippen LogP) is 1.71. The lowest BCUT2D eigenvalue weighted by Gasteiger charge is -2.29. The standard InChI is InChI=1S/C11H20N2O2S2/c1-8-5-6-10(16-8)17(14,15)13-9(7-12)11(2,3)4/h5-6,9,13H,7,12H2,1-4H3. The van der Waals surface area contributed by atoms with Crippen molar-refractivity contribution in [2.24, 2.45) is 11.1 Å². The Balaban J connectivity index is 2.94. The molecule has 0 saturated heterocycles. The summed E-state index contributed by atoms with van der Waals surface area (Å²) in [4.78, 5) is 0.977. The van der Waals surface area contributed by atoms with Gasteiger partial charge in [0.05, 0.1) is 0 Å². The second-order valence-corrected chi connectivity index (χ2v) is 8.37. The summed E-state index contributed by atoms with van der Waals surface area (Å²) in [5.74, 6) is 0. The van der Waals surface area contributed by atoms with Crippen molar-refractivity contribution in [1.29, 1.82) is 0 Å². The highest BCUT2D eigenvalue weighted by Crippen LogP contribution is 2.24. The molecule has 1 aromatic heterocycles. The second kappa shape index (κ2) is 5.06. The third kappa shape index (κ3) is 3.77. The normalized spacial score (nSPS) is 14.9. The molecule has 0 bridgehead atoms. The lowest BCUT2D eigenvalue weighted by Crippen LogP contribution is -2.48. The number of rotatable bonds is 4. The van der Waals surface area contributed by atoms with E-state index in [9.17, 15) is 8.42 Å². The van der Waals surface area contributed by atoms with E-state index in [0.29, 0.717) is 4.21 Å². The Morgan fingerprint density at radius 2 is 2.00 bits per heavy atom. The van der Waals surface area contributed by atoms with Gasteiger partial charge in [-0.1, -0.05) is 20.8 Å². The Bertz CT molecular complexity index is 472. The number of aryl methyl sites for hydroxylation is 1. The Morgan fingerprint density at radius 3 is 2.35 bits per heavy atom. The van der Waals surface area contributed by atoms with Gasteiger partial charge in [-0.3, -0.25) is 0 Å². The number of thiophene rings is 1. The van der Waals surface area contributed by atoms with E-state index in [1.807, 2.05) is 27.7 Å². The van der Waals surface area contributed by atoms with E-state index in [1.165, 1.54) is 11.3 Å². The van der Waals surface area contributed by atoms with E-state index in [0.717, 1.165) is 4.88 Å². The molecule has 1 atom stereocenters. The third-order valence-corrected chi connectivity index (χ3v) is 5.52. The van der Waals surface area contributed by atoms with Crippen molar-refractivity contribution in [2.45, 2.75) is 37.9 Å². The largest absolute Gasteiger partial charge is 0.329 e. The van der Waals surface area contributed by atoms with Crippen molar-refractivity contribution in [3.8, 4) is 0 Å². The summed E-state index contributed by atoms with van der Waals surface area (Å²) in [6.45, 7) is 8.06. The Labute approximate surface area is 107 Å². The Hall–Kier alpha value is -0.430. The van der Waals surface area contributed by atoms with Crippen LogP contribution in [0.15, 0.2) is 16.3 Å². The average molecular weight is 276 g/mol. The first-order valence-corrected chi connectivity index (χ1v) is 7.75. The van der Waals surface area contributed by atoms with Gasteiger partial charge in [-0.2, -0.15) is 0 Å². The van der Waals surface area contributed by atoms with Crippen LogP contribution >= 0.6 is 11.3 Å². The number of nitrogens with two attached hydrogens (primary N) is 1. The molecule has 98 valence electrons. The molecule has 0 aromatic carbocycles.